The molecule has 0 saturated heterocycles. The number of nitrogen functional groups attached to an aromatic ring is 1. The lowest BCUT2D eigenvalue weighted by Gasteiger charge is -2.07. The molecule has 0 aliphatic carbocycles. The first-order valence-corrected chi connectivity index (χ1v) is 6.49. The molecule has 0 aliphatic heterocycles. The Morgan fingerprint density at radius 2 is 1.94 bits per heavy atom. The Hall–Kier alpha value is -0.900. The number of aromatic nitrogens is 1. The maximum Gasteiger partial charge on any atom is 0.124 e. The number of rotatable bonds is 2. The second-order valence-corrected chi connectivity index (χ2v) is 5.40. The molecule has 0 amide bonds. The van der Waals surface area contributed by atoms with Gasteiger partial charge in [-0.3, -0.25) is 0 Å². The predicted molar refractivity (Wildman–Crippen MR) is 74.0 cm³/mol. The number of benzene rings is 1. The van der Waals surface area contributed by atoms with Crippen LogP contribution in [0, 0.1) is 6.92 Å². The molecule has 0 unspecified atom stereocenters. The molecule has 1 aromatic heterocycles. The molecule has 17 heavy (non-hydrogen) atoms. The standard InChI is InChI=1S/C12H10Cl2N2S/c1-7-2-5-10(15)12(16-7)17-11-6-8(13)3-4-9(11)14/h2-6H,15H2,1H3. The highest BCUT2D eigenvalue weighted by atomic mass is 35.5. The van der Waals surface area contributed by atoms with E-state index in [2.05, 4.69) is 4.98 Å². The summed E-state index contributed by atoms with van der Waals surface area (Å²) in [7, 11) is 0. The first-order chi connectivity index (χ1) is 8.06. The maximum absolute atomic E-state index is 6.09. The molecular weight excluding hydrogens is 275 g/mol. The minimum absolute atomic E-state index is 0.636. The highest BCUT2D eigenvalue weighted by Crippen LogP contribution is 2.36. The lowest BCUT2D eigenvalue weighted by molar-refractivity contribution is 1.07. The zero-order chi connectivity index (χ0) is 12.4. The van der Waals surface area contributed by atoms with Gasteiger partial charge in [-0.1, -0.05) is 35.0 Å². The van der Waals surface area contributed by atoms with Gasteiger partial charge >= 0.3 is 0 Å². The Morgan fingerprint density at radius 3 is 2.71 bits per heavy atom. The van der Waals surface area contributed by atoms with E-state index in [9.17, 15) is 0 Å². The Morgan fingerprint density at radius 1 is 1.18 bits per heavy atom. The van der Waals surface area contributed by atoms with E-state index in [4.69, 9.17) is 28.9 Å². The summed E-state index contributed by atoms with van der Waals surface area (Å²) in [5, 5.41) is 2.03. The molecule has 0 saturated carbocycles. The normalized spacial score (nSPS) is 10.5. The van der Waals surface area contributed by atoms with Crippen molar-refractivity contribution >= 4 is 40.7 Å². The fourth-order valence-corrected chi connectivity index (χ4v) is 2.69. The van der Waals surface area contributed by atoms with Crippen LogP contribution in [0.1, 0.15) is 5.69 Å². The maximum atomic E-state index is 6.09. The second-order valence-electron chi connectivity index (χ2n) is 3.52. The van der Waals surface area contributed by atoms with E-state index in [1.165, 1.54) is 11.8 Å². The van der Waals surface area contributed by atoms with E-state index in [1.54, 1.807) is 18.2 Å². The number of aryl methyl sites for hydroxylation is 1. The second kappa shape index (κ2) is 5.17. The average Bonchev–Trinajstić information content (AvgIpc) is 2.28. The summed E-state index contributed by atoms with van der Waals surface area (Å²) < 4.78 is 0. The van der Waals surface area contributed by atoms with Crippen LogP contribution < -0.4 is 5.73 Å². The zero-order valence-electron chi connectivity index (χ0n) is 9.08. The van der Waals surface area contributed by atoms with Gasteiger partial charge in [-0.25, -0.2) is 4.98 Å². The minimum Gasteiger partial charge on any atom is -0.397 e. The lowest BCUT2D eigenvalue weighted by Crippen LogP contribution is -1.93. The van der Waals surface area contributed by atoms with Crippen LogP contribution in [0.3, 0.4) is 0 Å². The topological polar surface area (TPSA) is 38.9 Å². The Kier molecular flexibility index (Phi) is 3.82. The van der Waals surface area contributed by atoms with Crippen LogP contribution in [0.4, 0.5) is 5.69 Å². The predicted octanol–water partition coefficient (Wildman–Crippen LogP) is 4.43. The summed E-state index contributed by atoms with van der Waals surface area (Å²) in [5.41, 5.74) is 7.42. The summed E-state index contributed by atoms with van der Waals surface area (Å²) >= 11 is 13.4. The van der Waals surface area contributed by atoms with Gasteiger partial charge in [-0.15, -0.1) is 0 Å². The first-order valence-electron chi connectivity index (χ1n) is 4.92. The zero-order valence-corrected chi connectivity index (χ0v) is 11.4. The quantitative estimate of drug-likeness (QED) is 0.887. The number of pyridine rings is 1. The van der Waals surface area contributed by atoms with Gasteiger partial charge in [0, 0.05) is 15.6 Å². The van der Waals surface area contributed by atoms with E-state index in [-0.39, 0.29) is 0 Å². The largest absolute Gasteiger partial charge is 0.397 e. The van der Waals surface area contributed by atoms with Gasteiger partial charge in [0.25, 0.3) is 0 Å². The van der Waals surface area contributed by atoms with Crippen LogP contribution in [0.15, 0.2) is 40.3 Å². The van der Waals surface area contributed by atoms with Gasteiger partial charge in [-0.05, 0) is 37.3 Å². The summed E-state index contributed by atoms with van der Waals surface area (Å²) in [6.45, 7) is 1.92. The van der Waals surface area contributed by atoms with Gasteiger partial charge in [0.15, 0.2) is 0 Å². The number of hydrogen-bond donors (Lipinski definition) is 1. The third-order valence-corrected chi connectivity index (χ3v) is 3.88. The molecule has 88 valence electrons. The van der Waals surface area contributed by atoms with Crippen molar-refractivity contribution in [3.8, 4) is 0 Å². The SMILES string of the molecule is Cc1ccc(N)c(Sc2cc(Cl)ccc2Cl)n1. The number of hydrogen-bond acceptors (Lipinski definition) is 3. The summed E-state index contributed by atoms with van der Waals surface area (Å²) in [6, 6.07) is 9.03. The third kappa shape index (κ3) is 3.06. The Balaban J connectivity index is 2.37. The van der Waals surface area contributed by atoms with Crippen LogP contribution in [-0.2, 0) is 0 Å². The van der Waals surface area contributed by atoms with Crippen molar-refractivity contribution in [2.24, 2.45) is 0 Å². The van der Waals surface area contributed by atoms with Crippen molar-refractivity contribution in [1.82, 2.24) is 4.98 Å². The van der Waals surface area contributed by atoms with E-state index in [0.29, 0.717) is 15.7 Å². The van der Waals surface area contributed by atoms with Crippen LogP contribution in [-0.4, -0.2) is 4.98 Å². The van der Waals surface area contributed by atoms with Crippen LogP contribution in [0.25, 0.3) is 0 Å². The molecule has 2 aromatic rings. The lowest BCUT2D eigenvalue weighted by atomic mass is 10.3. The van der Waals surface area contributed by atoms with E-state index < -0.39 is 0 Å². The molecule has 0 spiro atoms. The number of nitrogens with zero attached hydrogens (tertiary/aromatic N) is 1. The molecule has 2 N–H and O–H groups in total. The summed E-state index contributed by atoms with van der Waals surface area (Å²) in [6.07, 6.45) is 0. The van der Waals surface area contributed by atoms with Gasteiger partial charge in [0.2, 0.25) is 0 Å². The first kappa shape index (κ1) is 12.6. The van der Waals surface area contributed by atoms with E-state index in [0.717, 1.165) is 15.6 Å². The molecule has 5 heteroatoms. The van der Waals surface area contributed by atoms with Crippen molar-refractivity contribution in [2.45, 2.75) is 16.8 Å². The molecule has 2 rings (SSSR count). The summed E-state index contributed by atoms with van der Waals surface area (Å²) in [5.74, 6) is 0. The summed E-state index contributed by atoms with van der Waals surface area (Å²) in [4.78, 5) is 5.23. The van der Waals surface area contributed by atoms with Gasteiger partial charge in [-0.2, -0.15) is 0 Å². The van der Waals surface area contributed by atoms with Crippen molar-refractivity contribution in [3.63, 3.8) is 0 Å². The molecule has 0 aliphatic rings. The van der Waals surface area contributed by atoms with Crippen molar-refractivity contribution in [2.75, 3.05) is 5.73 Å². The monoisotopic (exact) mass is 284 g/mol. The molecular formula is C12H10Cl2N2S. The molecule has 2 nitrogen and oxygen atoms in total. The average molecular weight is 285 g/mol. The molecule has 1 heterocycles. The Bertz CT molecular complexity index is 509. The molecule has 1 aromatic carbocycles. The van der Waals surface area contributed by atoms with E-state index in [1.807, 2.05) is 19.1 Å². The fraction of sp³-hybridized carbons (Fsp3) is 0.0833. The molecule has 0 radical (unpaired) electrons. The minimum atomic E-state index is 0.636. The highest BCUT2D eigenvalue weighted by Gasteiger charge is 2.08. The number of nitrogens with two attached hydrogens (primary N) is 1. The third-order valence-electron chi connectivity index (χ3n) is 2.13. The van der Waals surface area contributed by atoms with Crippen molar-refractivity contribution in [1.29, 1.82) is 0 Å². The van der Waals surface area contributed by atoms with Gasteiger partial charge in [0.05, 0.1) is 10.7 Å². The van der Waals surface area contributed by atoms with Gasteiger partial charge < -0.3 is 5.73 Å². The highest BCUT2D eigenvalue weighted by molar-refractivity contribution is 7.99. The number of halogens is 2. The Labute approximate surface area is 114 Å². The fourth-order valence-electron chi connectivity index (χ4n) is 1.28. The van der Waals surface area contributed by atoms with Crippen molar-refractivity contribution < 1.29 is 0 Å². The van der Waals surface area contributed by atoms with Crippen LogP contribution >= 0.6 is 35.0 Å². The molecule has 0 atom stereocenters. The van der Waals surface area contributed by atoms with Crippen molar-refractivity contribution in [3.05, 3.63) is 46.1 Å². The number of anilines is 1. The smallest absolute Gasteiger partial charge is 0.124 e. The van der Waals surface area contributed by atoms with Gasteiger partial charge in [0.1, 0.15) is 5.03 Å². The van der Waals surface area contributed by atoms with E-state index >= 15 is 0 Å². The van der Waals surface area contributed by atoms with Crippen LogP contribution in [0.2, 0.25) is 10.0 Å². The molecule has 0 fully saturated rings. The molecule has 0 bridgehead atoms. The van der Waals surface area contributed by atoms with Crippen LogP contribution in [0.5, 0.6) is 0 Å².